The third kappa shape index (κ3) is 3.02. The SMILES string of the molecule is CCOP(=O)(OCC)C(O)Cn1nnc2c(=O)[nH][nH]c(=O)c21. The zero-order valence-corrected chi connectivity index (χ0v) is 12.9. The van der Waals surface area contributed by atoms with Gasteiger partial charge in [0.15, 0.2) is 16.9 Å². The topological polar surface area (TPSA) is 152 Å². The van der Waals surface area contributed by atoms with Crippen LogP contribution in [0.15, 0.2) is 9.59 Å². The number of aromatic amines is 2. The van der Waals surface area contributed by atoms with E-state index in [9.17, 15) is 19.3 Å². The Morgan fingerprint density at radius 3 is 2.41 bits per heavy atom. The van der Waals surface area contributed by atoms with Crippen molar-refractivity contribution in [2.45, 2.75) is 26.2 Å². The molecule has 0 spiro atoms. The van der Waals surface area contributed by atoms with Gasteiger partial charge in [-0.05, 0) is 13.8 Å². The summed E-state index contributed by atoms with van der Waals surface area (Å²) in [5, 5.41) is 21.5. The van der Waals surface area contributed by atoms with E-state index in [4.69, 9.17) is 9.05 Å². The molecule has 2 aromatic heterocycles. The van der Waals surface area contributed by atoms with E-state index in [-0.39, 0.29) is 30.8 Å². The van der Waals surface area contributed by atoms with Crippen molar-refractivity contribution in [2.75, 3.05) is 13.2 Å². The summed E-state index contributed by atoms with van der Waals surface area (Å²) in [5.74, 6) is -1.56. The summed E-state index contributed by atoms with van der Waals surface area (Å²) in [7, 11) is -3.79. The Hall–Kier alpha value is -1.81. The molecule has 0 fully saturated rings. The van der Waals surface area contributed by atoms with E-state index in [1.807, 2.05) is 0 Å². The fourth-order valence-corrected chi connectivity index (χ4v) is 3.37. The number of rotatable bonds is 7. The molecule has 0 amide bonds. The summed E-state index contributed by atoms with van der Waals surface area (Å²) in [4.78, 5) is 23.3. The largest absolute Gasteiger partial charge is 0.379 e. The van der Waals surface area contributed by atoms with Gasteiger partial charge in [0.25, 0.3) is 11.1 Å². The number of hydrogen-bond donors (Lipinski definition) is 3. The number of nitrogens with zero attached hydrogens (tertiary/aromatic N) is 3. The number of H-pyrrole nitrogens is 2. The van der Waals surface area contributed by atoms with Gasteiger partial charge in [-0.3, -0.25) is 24.4 Å². The number of nitrogens with one attached hydrogen (secondary N) is 2. The van der Waals surface area contributed by atoms with Crippen LogP contribution in [0.3, 0.4) is 0 Å². The first kappa shape index (κ1) is 16.6. The molecule has 0 aliphatic heterocycles. The fraction of sp³-hybridized carbons (Fsp3) is 0.600. The van der Waals surface area contributed by atoms with Crippen LogP contribution >= 0.6 is 7.60 Å². The minimum atomic E-state index is -3.79. The first-order valence-electron chi connectivity index (χ1n) is 6.54. The molecule has 12 heteroatoms. The monoisotopic (exact) mass is 333 g/mol. The van der Waals surface area contributed by atoms with E-state index in [2.05, 4.69) is 20.5 Å². The molecule has 11 nitrogen and oxygen atoms in total. The third-order valence-corrected chi connectivity index (χ3v) is 4.90. The summed E-state index contributed by atoms with van der Waals surface area (Å²) >= 11 is 0. The molecular weight excluding hydrogens is 317 g/mol. The standard InChI is InChI=1S/C10H16N5O6P/c1-3-20-22(19,21-4-2)6(16)5-15-8-7(11-14-15)9(17)12-13-10(8)18/h6,16H,3-5H2,1-2H3,(H,12,17)(H,13,18). The summed E-state index contributed by atoms with van der Waals surface area (Å²) in [6.45, 7) is 2.99. The molecule has 22 heavy (non-hydrogen) atoms. The van der Waals surface area contributed by atoms with E-state index in [1.165, 1.54) is 0 Å². The first-order valence-corrected chi connectivity index (χ1v) is 8.15. The maximum atomic E-state index is 12.4. The smallest absolute Gasteiger partial charge is 0.360 e. The van der Waals surface area contributed by atoms with Gasteiger partial charge >= 0.3 is 7.60 Å². The minimum Gasteiger partial charge on any atom is -0.379 e. The number of aromatic nitrogens is 5. The predicted molar refractivity (Wildman–Crippen MR) is 75.6 cm³/mol. The van der Waals surface area contributed by atoms with Gasteiger partial charge in [0, 0.05) is 0 Å². The van der Waals surface area contributed by atoms with Crippen molar-refractivity contribution in [2.24, 2.45) is 0 Å². The highest BCUT2D eigenvalue weighted by atomic mass is 31.2. The maximum absolute atomic E-state index is 12.4. The predicted octanol–water partition coefficient (Wildman–Crippen LogP) is -0.608. The Kier molecular flexibility index (Phi) is 4.91. The average Bonchev–Trinajstić information content (AvgIpc) is 2.88. The van der Waals surface area contributed by atoms with E-state index in [1.54, 1.807) is 13.8 Å². The van der Waals surface area contributed by atoms with Gasteiger partial charge < -0.3 is 14.2 Å². The molecule has 1 atom stereocenters. The van der Waals surface area contributed by atoms with Gasteiger partial charge in [0.2, 0.25) is 0 Å². The zero-order chi connectivity index (χ0) is 16.3. The number of fused-ring (bicyclic) bond motifs is 1. The molecule has 122 valence electrons. The molecule has 2 aromatic rings. The lowest BCUT2D eigenvalue weighted by molar-refractivity contribution is 0.137. The van der Waals surface area contributed by atoms with Gasteiger partial charge in [-0.2, -0.15) is 0 Å². The molecule has 0 radical (unpaired) electrons. The van der Waals surface area contributed by atoms with E-state index in [0.717, 1.165) is 4.68 Å². The van der Waals surface area contributed by atoms with Crippen LogP contribution in [0.1, 0.15) is 13.8 Å². The van der Waals surface area contributed by atoms with Crippen LogP contribution < -0.4 is 11.1 Å². The van der Waals surface area contributed by atoms with Crippen molar-refractivity contribution in [3.63, 3.8) is 0 Å². The van der Waals surface area contributed by atoms with Crippen LogP contribution in [0.2, 0.25) is 0 Å². The quantitative estimate of drug-likeness (QED) is 0.567. The van der Waals surface area contributed by atoms with Crippen LogP contribution in [-0.4, -0.2) is 49.4 Å². The summed E-state index contributed by atoms with van der Waals surface area (Å²) in [6.07, 6.45) is 0. The first-order chi connectivity index (χ1) is 10.4. The second-order valence-electron chi connectivity index (χ2n) is 4.23. The second kappa shape index (κ2) is 6.53. The van der Waals surface area contributed by atoms with Crippen LogP contribution in [0.4, 0.5) is 0 Å². The van der Waals surface area contributed by atoms with Crippen molar-refractivity contribution < 1.29 is 18.7 Å². The number of aliphatic hydroxyl groups is 1. The fourth-order valence-electron chi connectivity index (χ4n) is 1.87. The molecule has 2 rings (SSSR count). The Labute approximate surface area is 123 Å². The Bertz CT molecular complexity index is 800. The van der Waals surface area contributed by atoms with Gasteiger partial charge in [-0.25, -0.2) is 4.68 Å². The molecule has 0 bridgehead atoms. The molecule has 0 aliphatic carbocycles. The van der Waals surface area contributed by atoms with E-state index >= 15 is 0 Å². The van der Waals surface area contributed by atoms with Gasteiger partial charge in [0.1, 0.15) is 0 Å². The second-order valence-corrected chi connectivity index (χ2v) is 6.43. The lowest BCUT2D eigenvalue weighted by atomic mass is 10.4. The van der Waals surface area contributed by atoms with Crippen molar-refractivity contribution in [3.8, 4) is 0 Å². The Morgan fingerprint density at radius 2 is 1.82 bits per heavy atom. The average molecular weight is 333 g/mol. The molecule has 0 saturated heterocycles. The molecule has 3 N–H and O–H groups in total. The molecule has 2 heterocycles. The van der Waals surface area contributed by atoms with Crippen LogP contribution in [0.25, 0.3) is 11.0 Å². The summed E-state index contributed by atoms with van der Waals surface area (Å²) in [6, 6.07) is 0. The molecular formula is C10H16N5O6P. The third-order valence-electron chi connectivity index (χ3n) is 2.77. The highest BCUT2D eigenvalue weighted by Gasteiger charge is 2.35. The van der Waals surface area contributed by atoms with Gasteiger partial charge in [0.05, 0.1) is 19.8 Å². The lowest BCUT2D eigenvalue weighted by Crippen LogP contribution is -2.24. The van der Waals surface area contributed by atoms with Crippen molar-refractivity contribution >= 4 is 18.6 Å². The van der Waals surface area contributed by atoms with Crippen LogP contribution in [0.5, 0.6) is 0 Å². The van der Waals surface area contributed by atoms with Crippen LogP contribution in [0, 0.1) is 0 Å². The normalized spacial score (nSPS) is 13.6. The molecule has 1 unspecified atom stereocenters. The Morgan fingerprint density at radius 1 is 1.23 bits per heavy atom. The zero-order valence-electron chi connectivity index (χ0n) is 12.0. The lowest BCUT2D eigenvalue weighted by Gasteiger charge is -2.21. The van der Waals surface area contributed by atoms with Gasteiger partial charge in [-0.1, -0.05) is 5.21 Å². The summed E-state index contributed by atoms with van der Waals surface area (Å²) < 4.78 is 23.4. The minimum absolute atomic E-state index is 0.0761. The highest BCUT2D eigenvalue weighted by molar-refractivity contribution is 7.54. The highest BCUT2D eigenvalue weighted by Crippen LogP contribution is 2.52. The van der Waals surface area contributed by atoms with E-state index < -0.39 is 24.6 Å². The maximum Gasteiger partial charge on any atom is 0.360 e. The molecule has 0 saturated carbocycles. The van der Waals surface area contributed by atoms with E-state index in [0.29, 0.717) is 0 Å². The Balaban J connectivity index is 2.38. The van der Waals surface area contributed by atoms with Crippen molar-refractivity contribution in [3.05, 3.63) is 20.7 Å². The van der Waals surface area contributed by atoms with Crippen molar-refractivity contribution in [1.29, 1.82) is 0 Å². The van der Waals surface area contributed by atoms with Gasteiger partial charge in [-0.15, -0.1) is 5.10 Å². The molecule has 0 aromatic carbocycles. The summed E-state index contributed by atoms with van der Waals surface area (Å²) in [5.41, 5.74) is -1.59. The number of hydrogen-bond acceptors (Lipinski definition) is 8. The van der Waals surface area contributed by atoms with Crippen LogP contribution in [-0.2, 0) is 20.2 Å². The van der Waals surface area contributed by atoms with Crippen molar-refractivity contribution in [1.82, 2.24) is 25.2 Å². The number of aliphatic hydroxyl groups excluding tert-OH is 1. The molecule has 0 aliphatic rings.